The van der Waals surface area contributed by atoms with Crippen LogP contribution in [0.4, 0.5) is 5.69 Å². The SMILES string of the molecule is Cc1cnn(Cc2ccc(Cl)c([N+](=O)[O-])c2)c1. The van der Waals surface area contributed by atoms with E-state index in [2.05, 4.69) is 5.10 Å². The van der Waals surface area contributed by atoms with E-state index in [-0.39, 0.29) is 10.7 Å². The number of rotatable bonds is 3. The Morgan fingerprint density at radius 3 is 2.88 bits per heavy atom. The molecule has 5 nitrogen and oxygen atoms in total. The van der Waals surface area contributed by atoms with E-state index in [0.717, 1.165) is 11.1 Å². The number of hydrogen-bond acceptors (Lipinski definition) is 3. The third kappa shape index (κ3) is 2.62. The standard InChI is InChI=1S/C11H10ClN3O2/c1-8-5-13-14(6-8)7-9-2-3-10(12)11(4-9)15(16)17/h2-6H,7H2,1H3. The molecule has 0 bridgehead atoms. The van der Waals surface area contributed by atoms with Crippen molar-refractivity contribution in [1.29, 1.82) is 0 Å². The van der Waals surface area contributed by atoms with Crippen LogP contribution in [0, 0.1) is 17.0 Å². The van der Waals surface area contributed by atoms with Gasteiger partial charge in [0.15, 0.2) is 0 Å². The molecule has 1 aromatic carbocycles. The van der Waals surface area contributed by atoms with Gasteiger partial charge < -0.3 is 0 Å². The third-order valence-corrected chi connectivity index (χ3v) is 2.63. The van der Waals surface area contributed by atoms with Crippen LogP contribution in [0.3, 0.4) is 0 Å². The van der Waals surface area contributed by atoms with Gasteiger partial charge in [-0.05, 0) is 24.1 Å². The van der Waals surface area contributed by atoms with Gasteiger partial charge in [0, 0.05) is 12.3 Å². The maximum atomic E-state index is 10.7. The lowest BCUT2D eigenvalue weighted by Crippen LogP contribution is -2.00. The van der Waals surface area contributed by atoms with Crippen molar-refractivity contribution in [2.24, 2.45) is 0 Å². The van der Waals surface area contributed by atoms with E-state index >= 15 is 0 Å². The normalized spacial score (nSPS) is 10.5. The maximum Gasteiger partial charge on any atom is 0.288 e. The molecular formula is C11H10ClN3O2. The minimum Gasteiger partial charge on any atom is -0.268 e. The van der Waals surface area contributed by atoms with Crippen LogP contribution in [0.25, 0.3) is 0 Å². The average molecular weight is 252 g/mol. The van der Waals surface area contributed by atoms with Crippen molar-refractivity contribution in [2.75, 3.05) is 0 Å². The summed E-state index contributed by atoms with van der Waals surface area (Å²) in [6.07, 6.45) is 3.62. The topological polar surface area (TPSA) is 61.0 Å². The molecule has 0 amide bonds. The highest BCUT2D eigenvalue weighted by atomic mass is 35.5. The minimum atomic E-state index is -0.486. The van der Waals surface area contributed by atoms with E-state index in [1.165, 1.54) is 12.1 Å². The molecule has 6 heteroatoms. The second-order valence-electron chi connectivity index (χ2n) is 3.76. The van der Waals surface area contributed by atoms with E-state index < -0.39 is 4.92 Å². The van der Waals surface area contributed by atoms with Gasteiger partial charge >= 0.3 is 0 Å². The number of hydrogen-bond donors (Lipinski definition) is 0. The van der Waals surface area contributed by atoms with Crippen LogP contribution in [-0.4, -0.2) is 14.7 Å². The monoisotopic (exact) mass is 251 g/mol. The molecule has 0 fully saturated rings. The van der Waals surface area contributed by atoms with E-state index in [0.29, 0.717) is 6.54 Å². The molecule has 0 saturated heterocycles. The molecule has 1 aromatic heterocycles. The van der Waals surface area contributed by atoms with Crippen molar-refractivity contribution < 1.29 is 4.92 Å². The highest BCUT2D eigenvalue weighted by Gasteiger charge is 2.12. The van der Waals surface area contributed by atoms with Crippen LogP contribution < -0.4 is 0 Å². The average Bonchev–Trinajstić information content (AvgIpc) is 2.66. The predicted octanol–water partition coefficient (Wildman–Crippen LogP) is 2.80. The Labute approximate surface area is 103 Å². The van der Waals surface area contributed by atoms with E-state index in [1.807, 2.05) is 13.1 Å². The summed E-state index contributed by atoms with van der Waals surface area (Å²) in [5.41, 5.74) is 1.77. The van der Waals surface area contributed by atoms with Crippen molar-refractivity contribution in [2.45, 2.75) is 13.5 Å². The molecule has 0 aliphatic carbocycles. The highest BCUT2D eigenvalue weighted by molar-refractivity contribution is 6.32. The molecule has 17 heavy (non-hydrogen) atoms. The lowest BCUT2D eigenvalue weighted by molar-refractivity contribution is -0.384. The van der Waals surface area contributed by atoms with Gasteiger partial charge in [-0.25, -0.2) is 0 Å². The number of aromatic nitrogens is 2. The van der Waals surface area contributed by atoms with Crippen LogP contribution in [0.5, 0.6) is 0 Å². The summed E-state index contributed by atoms with van der Waals surface area (Å²) in [5.74, 6) is 0. The molecule has 0 aliphatic heterocycles. The Balaban J connectivity index is 2.28. The zero-order valence-corrected chi connectivity index (χ0v) is 9.89. The summed E-state index contributed by atoms with van der Waals surface area (Å²) in [5, 5.41) is 15.0. The van der Waals surface area contributed by atoms with Crippen molar-refractivity contribution in [3.8, 4) is 0 Å². The molecule has 0 atom stereocenters. The molecule has 88 valence electrons. The van der Waals surface area contributed by atoms with E-state index in [9.17, 15) is 10.1 Å². The van der Waals surface area contributed by atoms with Gasteiger partial charge in [0.2, 0.25) is 0 Å². The van der Waals surface area contributed by atoms with Crippen LogP contribution in [0.2, 0.25) is 5.02 Å². The zero-order valence-electron chi connectivity index (χ0n) is 9.13. The quantitative estimate of drug-likeness (QED) is 0.622. The van der Waals surface area contributed by atoms with Gasteiger partial charge in [-0.1, -0.05) is 17.7 Å². The number of benzene rings is 1. The van der Waals surface area contributed by atoms with Crippen molar-refractivity contribution in [1.82, 2.24) is 9.78 Å². The largest absolute Gasteiger partial charge is 0.288 e. The first kappa shape index (κ1) is 11.6. The first-order chi connectivity index (χ1) is 8.06. The fraction of sp³-hybridized carbons (Fsp3) is 0.182. The third-order valence-electron chi connectivity index (χ3n) is 2.31. The maximum absolute atomic E-state index is 10.7. The summed E-state index contributed by atoms with van der Waals surface area (Å²) in [4.78, 5) is 10.2. The zero-order chi connectivity index (χ0) is 12.4. The first-order valence-electron chi connectivity index (χ1n) is 4.98. The van der Waals surface area contributed by atoms with E-state index in [4.69, 9.17) is 11.6 Å². The molecule has 1 heterocycles. The fourth-order valence-electron chi connectivity index (χ4n) is 1.54. The van der Waals surface area contributed by atoms with Crippen LogP contribution in [0.1, 0.15) is 11.1 Å². The molecule has 0 aliphatic rings. The van der Waals surface area contributed by atoms with Crippen molar-refractivity contribution in [3.05, 3.63) is 56.9 Å². The minimum absolute atomic E-state index is 0.0759. The molecule has 0 unspecified atom stereocenters. The lowest BCUT2D eigenvalue weighted by Gasteiger charge is -2.02. The Morgan fingerprint density at radius 2 is 2.29 bits per heavy atom. The Hall–Kier alpha value is -1.88. The highest BCUT2D eigenvalue weighted by Crippen LogP contribution is 2.25. The first-order valence-corrected chi connectivity index (χ1v) is 5.36. The van der Waals surface area contributed by atoms with Gasteiger partial charge in [0.25, 0.3) is 5.69 Å². The number of nitro groups is 1. The Bertz CT molecular complexity index is 566. The Morgan fingerprint density at radius 1 is 1.53 bits per heavy atom. The second-order valence-corrected chi connectivity index (χ2v) is 4.17. The summed E-state index contributed by atoms with van der Waals surface area (Å²) in [7, 11) is 0. The lowest BCUT2D eigenvalue weighted by atomic mass is 10.2. The van der Waals surface area contributed by atoms with Crippen LogP contribution in [-0.2, 0) is 6.54 Å². The van der Waals surface area contributed by atoms with Gasteiger partial charge in [0.05, 0.1) is 17.7 Å². The molecular weight excluding hydrogens is 242 g/mol. The van der Waals surface area contributed by atoms with Gasteiger partial charge in [-0.3, -0.25) is 14.8 Å². The summed E-state index contributed by atoms with van der Waals surface area (Å²) >= 11 is 5.73. The Kier molecular flexibility index (Phi) is 3.10. The van der Waals surface area contributed by atoms with E-state index in [1.54, 1.807) is 16.9 Å². The smallest absolute Gasteiger partial charge is 0.268 e. The number of nitro benzene ring substituents is 1. The molecule has 0 saturated carbocycles. The molecule has 0 spiro atoms. The van der Waals surface area contributed by atoms with Gasteiger partial charge in [-0.15, -0.1) is 0 Å². The second kappa shape index (κ2) is 4.55. The number of nitrogens with zero attached hydrogens (tertiary/aromatic N) is 3. The molecule has 0 N–H and O–H groups in total. The van der Waals surface area contributed by atoms with Crippen molar-refractivity contribution in [3.63, 3.8) is 0 Å². The fourth-order valence-corrected chi connectivity index (χ4v) is 1.72. The molecule has 2 rings (SSSR count). The van der Waals surface area contributed by atoms with Gasteiger partial charge in [-0.2, -0.15) is 5.10 Å². The summed E-state index contributed by atoms with van der Waals surface area (Å²) in [6, 6.07) is 4.76. The summed E-state index contributed by atoms with van der Waals surface area (Å²) in [6.45, 7) is 2.43. The number of aryl methyl sites for hydroxylation is 1. The number of halogens is 1. The van der Waals surface area contributed by atoms with Gasteiger partial charge in [0.1, 0.15) is 5.02 Å². The predicted molar refractivity (Wildman–Crippen MR) is 64.2 cm³/mol. The summed E-state index contributed by atoms with van der Waals surface area (Å²) < 4.78 is 1.72. The van der Waals surface area contributed by atoms with Crippen LogP contribution in [0.15, 0.2) is 30.6 Å². The molecule has 2 aromatic rings. The molecule has 0 radical (unpaired) electrons. The van der Waals surface area contributed by atoms with Crippen molar-refractivity contribution >= 4 is 17.3 Å². The van der Waals surface area contributed by atoms with Crippen LogP contribution >= 0.6 is 11.6 Å².